The van der Waals surface area contributed by atoms with Gasteiger partial charge in [-0.05, 0) is 42.9 Å². The molecule has 0 saturated carbocycles. The number of rotatable bonds is 4. The maximum absolute atomic E-state index is 13.2. The Balaban J connectivity index is 2.20. The van der Waals surface area contributed by atoms with Gasteiger partial charge < -0.3 is 5.11 Å². The van der Waals surface area contributed by atoms with Gasteiger partial charge in [-0.1, -0.05) is 18.5 Å². The van der Waals surface area contributed by atoms with Crippen LogP contribution in [0.4, 0.5) is 4.39 Å². The van der Waals surface area contributed by atoms with Crippen molar-refractivity contribution in [3.8, 4) is 0 Å². The van der Waals surface area contributed by atoms with Crippen molar-refractivity contribution >= 4 is 21.6 Å². The Kier molecular flexibility index (Phi) is 4.92. The smallest absolute Gasteiger partial charge is 0.243 e. The molecule has 4 nitrogen and oxygen atoms in total. The highest BCUT2D eigenvalue weighted by atomic mass is 35.5. The number of sulfonamides is 1. The van der Waals surface area contributed by atoms with Crippen molar-refractivity contribution < 1.29 is 17.9 Å². The quantitative estimate of drug-likeness (QED) is 0.920. The average Bonchev–Trinajstić information content (AvgIpc) is 2.50. The third-order valence-electron chi connectivity index (χ3n) is 4.40. The normalized spacial score (nSPS) is 19.6. The van der Waals surface area contributed by atoms with Crippen molar-refractivity contribution in [2.24, 2.45) is 5.41 Å². The van der Waals surface area contributed by atoms with E-state index < -0.39 is 15.8 Å². The number of halogens is 2. The van der Waals surface area contributed by atoms with Gasteiger partial charge in [0.05, 0.1) is 9.92 Å². The first kappa shape index (κ1) is 16.7. The van der Waals surface area contributed by atoms with Crippen LogP contribution in [0.25, 0.3) is 0 Å². The number of hydrogen-bond acceptors (Lipinski definition) is 3. The lowest BCUT2D eigenvalue weighted by Gasteiger charge is -2.39. The summed E-state index contributed by atoms with van der Waals surface area (Å²) in [5, 5.41) is 9.29. The zero-order valence-electron chi connectivity index (χ0n) is 11.8. The predicted octanol–water partition coefficient (Wildman–Crippen LogP) is 2.65. The molecule has 1 aliphatic rings. The minimum Gasteiger partial charge on any atom is -0.396 e. The zero-order valence-corrected chi connectivity index (χ0v) is 13.4. The maximum atomic E-state index is 13.2. The van der Waals surface area contributed by atoms with E-state index in [1.165, 1.54) is 10.4 Å². The summed E-state index contributed by atoms with van der Waals surface area (Å²) in [5.74, 6) is -0.639. The van der Waals surface area contributed by atoms with Gasteiger partial charge in [-0.25, -0.2) is 12.8 Å². The Morgan fingerprint density at radius 2 is 2.00 bits per heavy atom. The first-order valence-electron chi connectivity index (χ1n) is 6.91. The van der Waals surface area contributed by atoms with Crippen LogP contribution in [-0.2, 0) is 10.0 Å². The van der Waals surface area contributed by atoms with Gasteiger partial charge in [0.1, 0.15) is 5.82 Å². The summed E-state index contributed by atoms with van der Waals surface area (Å²) in [4.78, 5) is 0.00176. The average molecular weight is 336 g/mol. The zero-order chi connectivity index (χ0) is 15.7. The summed E-state index contributed by atoms with van der Waals surface area (Å²) < 4.78 is 39.6. The molecule has 21 heavy (non-hydrogen) atoms. The lowest BCUT2D eigenvalue weighted by atomic mass is 9.77. The van der Waals surface area contributed by atoms with Crippen LogP contribution in [0.1, 0.15) is 26.2 Å². The van der Waals surface area contributed by atoms with Crippen LogP contribution in [-0.4, -0.2) is 37.5 Å². The lowest BCUT2D eigenvalue weighted by molar-refractivity contribution is 0.0647. The molecule has 118 valence electrons. The molecule has 0 aromatic heterocycles. The highest BCUT2D eigenvalue weighted by Gasteiger charge is 2.37. The molecule has 1 aliphatic heterocycles. The van der Waals surface area contributed by atoms with E-state index in [2.05, 4.69) is 0 Å². The molecule has 0 unspecified atom stereocenters. The molecule has 7 heteroatoms. The molecule has 0 bridgehead atoms. The molecule has 0 amide bonds. The number of aliphatic hydroxyl groups is 1. The van der Waals surface area contributed by atoms with Crippen LogP contribution in [0, 0.1) is 11.2 Å². The van der Waals surface area contributed by atoms with Crippen LogP contribution in [0.3, 0.4) is 0 Å². The Bertz CT molecular complexity index is 607. The first-order valence-corrected chi connectivity index (χ1v) is 8.72. The van der Waals surface area contributed by atoms with Gasteiger partial charge in [0.2, 0.25) is 10.0 Å². The van der Waals surface area contributed by atoms with E-state index in [0.717, 1.165) is 18.6 Å². The fraction of sp³-hybridized carbons (Fsp3) is 0.571. The highest BCUT2D eigenvalue weighted by molar-refractivity contribution is 7.89. The van der Waals surface area contributed by atoms with E-state index in [4.69, 9.17) is 11.6 Å². The van der Waals surface area contributed by atoms with Gasteiger partial charge in [-0.15, -0.1) is 0 Å². The molecule has 2 rings (SSSR count). The summed E-state index contributed by atoms with van der Waals surface area (Å²) in [7, 11) is -3.67. The van der Waals surface area contributed by atoms with Crippen molar-refractivity contribution in [3.05, 3.63) is 29.0 Å². The van der Waals surface area contributed by atoms with E-state index in [-0.39, 0.29) is 21.9 Å². The highest BCUT2D eigenvalue weighted by Crippen LogP contribution is 2.36. The fourth-order valence-corrected chi connectivity index (χ4v) is 4.32. The number of hydrogen-bond donors (Lipinski definition) is 1. The standard InChI is InChI=1S/C14H19ClFNO3S/c1-2-14(10-18)5-7-17(8-6-14)21(19,20)11-3-4-13(16)12(15)9-11/h3-4,9,18H,2,5-8,10H2,1H3. The van der Waals surface area contributed by atoms with Crippen LogP contribution in [0.2, 0.25) is 5.02 Å². The van der Waals surface area contributed by atoms with Gasteiger partial charge in [0.15, 0.2) is 0 Å². The molecule has 1 aromatic rings. The third kappa shape index (κ3) is 3.23. The summed E-state index contributed by atoms with van der Waals surface area (Å²) in [6, 6.07) is 3.42. The Morgan fingerprint density at radius 3 is 2.48 bits per heavy atom. The van der Waals surface area contributed by atoms with Gasteiger partial charge in [-0.2, -0.15) is 4.31 Å². The molecule has 1 heterocycles. The lowest BCUT2D eigenvalue weighted by Crippen LogP contribution is -2.44. The van der Waals surface area contributed by atoms with E-state index in [1.807, 2.05) is 6.92 Å². The minimum absolute atomic E-state index is 0.00176. The van der Waals surface area contributed by atoms with Crippen molar-refractivity contribution in [1.82, 2.24) is 4.31 Å². The Morgan fingerprint density at radius 1 is 1.38 bits per heavy atom. The SMILES string of the molecule is CCC1(CO)CCN(S(=O)(=O)c2ccc(F)c(Cl)c2)CC1. The van der Waals surface area contributed by atoms with Crippen molar-refractivity contribution in [2.45, 2.75) is 31.1 Å². The number of nitrogens with zero attached hydrogens (tertiary/aromatic N) is 1. The second kappa shape index (κ2) is 6.20. The largest absolute Gasteiger partial charge is 0.396 e. The van der Waals surface area contributed by atoms with Crippen LogP contribution < -0.4 is 0 Å². The van der Waals surface area contributed by atoms with Gasteiger partial charge in [-0.3, -0.25) is 0 Å². The summed E-state index contributed by atoms with van der Waals surface area (Å²) in [6.07, 6.45) is 2.06. The molecule has 0 radical (unpaired) electrons. The molecule has 0 spiro atoms. The van der Waals surface area contributed by atoms with E-state index in [0.29, 0.717) is 25.9 Å². The van der Waals surface area contributed by atoms with Gasteiger partial charge >= 0.3 is 0 Å². The number of benzene rings is 1. The van der Waals surface area contributed by atoms with Crippen LogP contribution >= 0.6 is 11.6 Å². The van der Waals surface area contributed by atoms with Crippen LogP contribution in [0.15, 0.2) is 23.1 Å². The molecular weight excluding hydrogens is 317 g/mol. The van der Waals surface area contributed by atoms with Crippen molar-refractivity contribution in [2.75, 3.05) is 19.7 Å². The van der Waals surface area contributed by atoms with E-state index >= 15 is 0 Å². The fourth-order valence-electron chi connectivity index (χ4n) is 2.61. The molecule has 1 N–H and O–H groups in total. The third-order valence-corrected chi connectivity index (χ3v) is 6.58. The predicted molar refractivity (Wildman–Crippen MR) is 79.2 cm³/mol. The van der Waals surface area contributed by atoms with Crippen molar-refractivity contribution in [3.63, 3.8) is 0 Å². The topological polar surface area (TPSA) is 57.6 Å². The second-order valence-electron chi connectivity index (χ2n) is 5.49. The van der Waals surface area contributed by atoms with Gasteiger partial charge in [0.25, 0.3) is 0 Å². The molecule has 0 aliphatic carbocycles. The Hall–Kier alpha value is -0.690. The van der Waals surface area contributed by atoms with E-state index in [9.17, 15) is 17.9 Å². The minimum atomic E-state index is -3.67. The monoisotopic (exact) mass is 335 g/mol. The Labute approximate surface area is 129 Å². The first-order chi connectivity index (χ1) is 9.84. The van der Waals surface area contributed by atoms with E-state index in [1.54, 1.807) is 0 Å². The summed E-state index contributed by atoms with van der Waals surface area (Å²) in [5.41, 5.74) is -0.188. The van der Waals surface area contributed by atoms with Gasteiger partial charge in [0, 0.05) is 19.7 Å². The molecular formula is C14H19ClFNO3S. The second-order valence-corrected chi connectivity index (χ2v) is 7.84. The summed E-state index contributed by atoms with van der Waals surface area (Å²) >= 11 is 5.66. The molecule has 0 atom stereocenters. The summed E-state index contributed by atoms with van der Waals surface area (Å²) in [6.45, 7) is 2.78. The molecule has 1 saturated heterocycles. The van der Waals surface area contributed by atoms with Crippen LogP contribution in [0.5, 0.6) is 0 Å². The molecule has 1 aromatic carbocycles. The number of aliphatic hydroxyl groups excluding tert-OH is 1. The van der Waals surface area contributed by atoms with Crippen molar-refractivity contribution in [1.29, 1.82) is 0 Å². The maximum Gasteiger partial charge on any atom is 0.243 e. The number of piperidine rings is 1. The molecule has 1 fully saturated rings.